The number of fused-ring (bicyclic) bond motifs is 1. The van der Waals surface area contributed by atoms with E-state index in [0.29, 0.717) is 5.56 Å². The van der Waals surface area contributed by atoms with E-state index in [-0.39, 0.29) is 0 Å². The van der Waals surface area contributed by atoms with E-state index in [9.17, 15) is 5.26 Å². The quantitative estimate of drug-likeness (QED) is 0.356. The van der Waals surface area contributed by atoms with Gasteiger partial charge < -0.3 is 9.72 Å². The van der Waals surface area contributed by atoms with Gasteiger partial charge >= 0.3 is 5.65 Å². The van der Waals surface area contributed by atoms with Crippen molar-refractivity contribution in [1.82, 2.24) is 13.8 Å². The summed E-state index contributed by atoms with van der Waals surface area (Å²) in [6.07, 6.45) is 5.36. The van der Waals surface area contributed by atoms with Crippen molar-refractivity contribution >= 4 is 38.7 Å². The fraction of sp³-hybridized carbons (Fsp3) is 0.238. The minimum absolute atomic E-state index is 0.686. The number of hydrogen-bond acceptors (Lipinski definition) is 2. The van der Waals surface area contributed by atoms with Crippen molar-refractivity contribution in [2.75, 3.05) is 7.11 Å². The molecule has 27 heavy (non-hydrogen) atoms. The number of nitrogens with zero attached hydrogens (tertiary/aromatic N) is 4. The number of aromatic nitrogens is 4. The first-order valence-electron chi connectivity index (χ1n) is 9.15. The molecule has 0 aliphatic rings. The van der Waals surface area contributed by atoms with E-state index in [1.165, 1.54) is 6.42 Å². The summed E-state index contributed by atoms with van der Waals surface area (Å²) in [4.78, 5) is 3.42. The van der Waals surface area contributed by atoms with Crippen LogP contribution in [0.5, 0.6) is 5.75 Å². The Kier molecular flexibility index (Phi) is 3.08. The molecule has 0 aliphatic carbocycles. The zero-order valence-electron chi connectivity index (χ0n) is 15.8. The molecule has 5 aromatic heterocycles. The van der Waals surface area contributed by atoms with Gasteiger partial charge in [0.25, 0.3) is 0 Å². The molecule has 0 saturated carbocycles. The number of benzene rings is 1. The second-order valence-corrected chi connectivity index (χ2v) is 6.93. The molecule has 0 fully saturated rings. The zero-order chi connectivity index (χ0) is 18.9. The fourth-order valence-corrected chi connectivity index (χ4v) is 4.18. The van der Waals surface area contributed by atoms with Gasteiger partial charge in [-0.1, -0.05) is 20.3 Å². The number of nitrogens with one attached hydrogen (secondary N) is 1. The normalized spacial score (nSPS) is 11.8. The molecule has 5 heterocycles. The topological polar surface area (TPSA) is 61.7 Å². The lowest BCUT2D eigenvalue weighted by molar-refractivity contribution is -0.479. The summed E-state index contributed by atoms with van der Waals surface area (Å²) in [5.74, 6) is 0.814. The van der Waals surface area contributed by atoms with Crippen molar-refractivity contribution in [3.05, 3.63) is 41.9 Å². The van der Waals surface area contributed by atoms with Crippen LogP contribution in [-0.4, -0.2) is 20.9 Å². The highest BCUT2D eigenvalue weighted by atomic mass is 16.5. The van der Waals surface area contributed by atoms with Crippen LogP contribution in [0.1, 0.15) is 31.5 Å². The summed E-state index contributed by atoms with van der Waals surface area (Å²) in [5, 5.41) is 10.7. The Morgan fingerprint density at radius 3 is 2.74 bits per heavy atom. The van der Waals surface area contributed by atoms with Gasteiger partial charge in [-0.25, -0.2) is 0 Å². The maximum Gasteiger partial charge on any atom is 0.317 e. The summed E-state index contributed by atoms with van der Waals surface area (Å²) >= 11 is 0. The average Bonchev–Trinajstić information content (AvgIpc) is 3.33. The van der Waals surface area contributed by atoms with Crippen LogP contribution in [-0.2, 0) is 0 Å². The zero-order valence-corrected chi connectivity index (χ0v) is 15.8. The Bertz CT molecular complexity index is 1470. The number of methoxy groups -OCH3 is 1. The van der Waals surface area contributed by atoms with Crippen molar-refractivity contribution in [1.29, 1.82) is 5.26 Å². The highest BCUT2D eigenvalue weighted by molar-refractivity contribution is 6.09. The summed E-state index contributed by atoms with van der Waals surface area (Å²) < 4.78 is 12.1. The van der Waals surface area contributed by atoms with Gasteiger partial charge in [0.15, 0.2) is 5.75 Å². The summed E-state index contributed by atoms with van der Waals surface area (Å²) in [6, 6.07) is 8.44. The predicted molar refractivity (Wildman–Crippen MR) is 105 cm³/mol. The number of ether oxygens (including phenoxy) is 1. The van der Waals surface area contributed by atoms with Gasteiger partial charge in [-0.05, 0) is 25.1 Å². The van der Waals surface area contributed by atoms with Crippen LogP contribution in [0.15, 0.2) is 30.6 Å². The molecule has 6 aromatic rings. The molecule has 0 atom stereocenters. The average molecular weight is 358 g/mol. The van der Waals surface area contributed by atoms with Gasteiger partial charge in [-0.15, -0.1) is 0 Å². The van der Waals surface area contributed by atoms with E-state index in [1.807, 2.05) is 12.1 Å². The molecule has 134 valence electrons. The molecule has 6 rings (SSSR count). The Morgan fingerprint density at radius 2 is 2.04 bits per heavy atom. The third-order valence-electron chi connectivity index (χ3n) is 5.14. The van der Waals surface area contributed by atoms with Crippen LogP contribution in [0.2, 0.25) is 0 Å². The van der Waals surface area contributed by atoms with E-state index in [4.69, 9.17) is 4.74 Å². The minimum atomic E-state index is 0.686. The minimum Gasteiger partial charge on any atom is -0.492 e. The Balaban J connectivity index is 0.000000504. The molecular formula is C21H20N5O+. The second-order valence-electron chi connectivity index (χ2n) is 6.93. The van der Waals surface area contributed by atoms with Crippen molar-refractivity contribution in [2.45, 2.75) is 27.2 Å². The summed E-state index contributed by atoms with van der Waals surface area (Å²) in [6.45, 7) is 6.31. The smallest absolute Gasteiger partial charge is 0.317 e. The number of hydrogen-bond donors (Lipinski definition) is 1. The molecule has 6 nitrogen and oxygen atoms in total. The highest BCUT2D eigenvalue weighted by Crippen LogP contribution is 2.38. The Labute approximate surface area is 155 Å². The highest BCUT2D eigenvalue weighted by Gasteiger charge is 2.30. The predicted octanol–water partition coefficient (Wildman–Crippen LogP) is 4.05. The number of aromatic amines is 1. The lowest BCUT2D eigenvalue weighted by Gasteiger charge is -2.07. The fourth-order valence-electron chi connectivity index (χ4n) is 4.18. The van der Waals surface area contributed by atoms with Crippen LogP contribution >= 0.6 is 0 Å². The van der Waals surface area contributed by atoms with E-state index < -0.39 is 0 Å². The number of rotatable bonds is 1. The third-order valence-corrected chi connectivity index (χ3v) is 5.14. The van der Waals surface area contributed by atoms with Crippen LogP contribution in [0, 0.1) is 18.3 Å². The van der Waals surface area contributed by atoms with Gasteiger partial charge in [-0.3, -0.25) is 4.40 Å². The maximum atomic E-state index is 9.75. The summed E-state index contributed by atoms with van der Waals surface area (Å²) in [7, 11) is 1.69. The second kappa shape index (κ2) is 5.27. The lowest BCUT2D eigenvalue weighted by Crippen LogP contribution is -2.23. The van der Waals surface area contributed by atoms with Crippen molar-refractivity contribution in [3.63, 3.8) is 0 Å². The number of pyridine rings is 1. The molecule has 1 aromatic carbocycles. The first-order chi connectivity index (χ1) is 13.2. The first kappa shape index (κ1) is 15.8. The number of aryl methyl sites for hydroxylation is 1. The van der Waals surface area contributed by atoms with Crippen LogP contribution in [0.25, 0.3) is 38.7 Å². The first-order valence-corrected chi connectivity index (χ1v) is 9.15. The van der Waals surface area contributed by atoms with Crippen molar-refractivity contribution in [3.8, 4) is 11.8 Å². The van der Waals surface area contributed by atoms with E-state index >= 15 is 0 Å². The number of imidazole rings is 2. The van der Waals surface area contributed by atoms with Crippen molar-refractivity contribution < 1.29 is 9.14 Å². The Morgan fingerprint density at radius 1 is 1.26 bits per heavy atom. The Hall–Kier alpha value is -3.46. The molecule has 0 radical (unpaired) electrons. The monoisotopic (exact) mass is 358 g/mol. The molecule has 0 aliphatic heterocycles. The molecule has 1 N–H and O–H groups in total. The van der Waals surface area contributed by atoms with Gasteiger partial charge in [-0.2, -0.15) is 14.1 Å². The molecule has 6 heteroatoms. The van der Waals surface area contributed by atoms with Crippen LogP contribution < -0.4 is 9.14 Å². The molecule has 0 bridgehead atoms. The van der Waals surface area contributed by atoms with E-state index in [2.05, 4.69) is 63.5 Å². The van der Waals surface area contributed by atoms with Crippen LogP contribution in [0.4, 0.5) is 0 Å². The SMILES string of the molecule is CCC.COc1ccc2[nH]c3c(C#N)c4cc(C)n5cc[n+]6c1c2n3c4c56. The lowest BCUT2D eigenvalue weighted by atomic mass is 10.1. The van der Waals surface area contributed by atoms with E-state index in [0.717, 1.165) is 50.2 Å². The van der Waals surface area contributed by atoms with Gasteiger partial charge in [0.1, 0.15) is 46.4 Å². The molecule has 0 amide bonds. The van der Waals surface area contributed by atoms with Crippen LogP contribution in [0.3, 0.4) is 0 Å². The third kappa shape index (κ3) is 1.71. The number of nitriles is 1. The van der Waals surface area contributed by atoms with Gasteiger partial charge in [0.05, 0.1) is 12.6 Å². The summed E-state index contributed by atoms with van der Waals surface area (Å²) in [5.41, 5.74) is 7.79. The molecular weight excluding hydrogens is 338 g/mol. The van der Waals surface area contributed by atoms with Gasteiger partial charge in [0.2, 0.25) is 5.52 Å². The standard InChI is InChI=1S/C18H11N5O.C3H8/c1-9-7-10-11(8-19)17-20-12-3-4-13(24-2)16-15(12)23(17)14(10)18-21(9)5-6-22(16)18;1-3-2/h3-7H,1-2H3;3H2,1-2H3/p+1. The largest absolute Gasteiger partial charge is 0.492 e. The molecule has 0 unspecified atom stereocenters. The van der Waals surface area contributed by atoms with E-state index in [1.54, 1.807) is 7.11 Å². The van der Waals surface area contributed by atoms with Gasteiger partial charge in [0, 0.05) is 5.39 Å². The van der Waals surface area contributed by atoms with Crippen molar-refractivity contribution in [2.24, 2.45) is 0 Å². The molecule has 0 spiro atoms. The molecule has 0 saturated heterocycles. The number of H-pyrrole nitrogens is 1. The maximum absolute atomic E-state index is 9.75.